The summed E-state index contributed by atoms with van der Waals surface area (Å²) in [6.45, 7) is 0.838. The van der Waals surface area contributed by atoms with Gasteiger partial charge in [-0.3, -0.25) is 0 Å². The molecule has 15 heavy (non-hydrogen) atoms. The summed E-state index contributed by atoms with van der Waals surface area (Å²) in [6, 6.07) is 7.72. The fraction of sp³-hybridized carbons (Fsp3) is 0.500. The average Bonchev–Trinajstić information content (AvgIpc) is 2.61. The van der Waals surface area contributed by atoms with Crippen LogP contribution in [0.3, 0.4) is 0 Å². The number of anilines is 2. The summed E-state index contributed by atoms with van der Waals surface area (Å²) in [6.07, 6.45) is 3.09. The maximum absolute atomic E-state index is 9.66. The third kappa shape index (κ3) is 2.63. The predicted molar refractivity (Wildman–Crippen MR) is 62.7 cm³/mol. The molecule has 82 valence electrons. The highest BCUT2D eigenvalue weighted by atomic mass is 16.3. The maximum Gasteiger partial charge on any atom is 0.0585 e. The summed E-state index contributed by atoms with van der Waals surface area (Å²) in [5, 5.41) is 13.0. The van der Waals surface area contributed by atoms with E-state index in [1.165, 1.54) is 0 Å². The number of benzene rings is 1. The summed E-state index contributed by atoms with van der Waals surface area (Å²) in [5.41, 5.74) is 7.49. The van der Waals surface area contributed by atoms with Gasteiger partial charge in [0.15, 0.2) is 0 Å². The summed E-state index contributed by atoms with van der Waals surface area (Å²) in [7, 11) is 0. The number of nitrogens with two attached hydrogens (primary N) is 1. The van der Waals surface area contributed by atoms with E-state index in [2.05, 4.69) is 5.32 Å². The van der Waals surface area contributed by atoms with Crippen LogP contribution >= 0.6 is 0 Å². The fourth-order valence-electron chi connectivity index (χ4n) is 2.15. The van der Waals surface area contributed by atoms with Gasteiger partial charge in [-0.1, -0.05) is 12.5 Å². The smallest absolute Gasteiger partial charge is 0.0585 e. The van der Waals surface area contributed by atoms with Crippen molar-refractivity contribution in [2.24, 2.45) is 5.92 Å². The van der Waals surface area contributed by atoms with Crippen LogP contribution in [0.4, 0.5) is 11.4 Å². The molecule has 0 radical (unpaired) electrons. The molecule has 1 aromatic rings. The quantitative estimate of drug-likeness (QED) is 0.661. The first-order valence-corrected chi connectivity index (χ1v) is 5.53. The average molecular weight is 206 g/mol. The molecule has 1 aliphatic rings. The molecule has 2 atom stereocenters. The molecule has 0 saturated heterocycles. The molecule has 0 amide bonds. The molecular formula is C12H18N2O. The molecule has 3 nitrogen and oxygen atoms in total. The van der Waals surface area contributed by atoms with Crippen LogP contribution in [0.15, 0.2) is 24.3 Å². The summed E-state index contributed by atoms with van der Waals surface area (Å²) >= 11 is 0. The summed E-state index contributed by atoms with van der Waals surface area (Å²) in [5.74, 6) is 0.395. The Labute approximate surface area is 90.3 Å². The highest BCUT2D eigenvalue weighted by Gasteiger charge is 2.24. The largest absolute Gasteiger partial charge is 0.399 e. The Morgan fingerprint density at radius 2 is 2.27 bits per heavy atom. The van der Waals surface area contributed by atoms with E-state index < -0.39 is 0 Å². The van der Waals surface area contributed by atoms with Crippen LogP contribution in [0.1, 0.15) is 19.3 Å². The zero-order valence-electron chi connectivity index (χ0n) is 8.82. The van der Waals surface area contributed by atoms with Crippen LogP contribution < -0.4 is 11.1 Å². The normalized spacial score (nSPS) is 25.4. The van der Waals surface area contributed by atoms with Crippen molar-refractivity contribution in [2.75, 3.05) is 17.6 Å². The first kappa shape index (κ1) is 10.3. The van der Waals surface area contributed by atoms with Crippen molar-refractivity contribution < 1.29 is 5.11 Å². The lowest BCUT2D eigenvalue weighted by atomic mass is 10.1. The van der Waals surface area contributed by atoms with Crippen molar-refractivity contribution in [2.45, 2.75) is 25.4 Å². The first-order chi connectivity index (χ1) is 7.25. The number of rotatable bonds is 3. The van der Waals surface area contributed by atoms with E-state index in [-0.39, 0.29) is 6.10 Å². The highest BCUT2D eigenvalue weighted by Crippen LogP contribution is 2.25. The number of hydrogen-bond acceptors (Lipinski definition) is 3. The van der Waals surface area contributed by atoms with Crippen LogP contribution in [-0.2, 0) is 0 Å². The van der Waals surface area contributed by atoms with Gasteiger partial charge in [-0.25, -0.2) is 0 Å². The van der Waals surface area contributed by atoms with Gasteiger partial charge in [0.05, 0.1) is 6.10 Å². The minimum Gasteiger partial charge on any atom is -0.399 e. The molecule has 2 rings (SSSR count). The zero-order chi connectivity index (χ0) is 10.7. The van der Waals surface area contributed by atoms with E-state index in [9.17, 15) is 5.11 Å². The van der Waals surface area contributed by atoms with Crippen molar-refractivity contribution in [3.8, 4) is 0 Å². The van der Waals surface area contributed by atoms with Gasteiger partial charge in [-0.2, -0.15) is 0 Å². The van der Waals surface area contributed by atoms with E-state index in [1.807, 2.05) is 24.3 Å². The van der Waals surface area contributed by atoms with Crippen LogP contribution in [0.5, 0.6) is 0 Å². The third-order valence-electron chi connectivity index (χ3n) is 3.07. The monoisotopic (exact) mass is 206 g/mol. The van der Waals surface area contributed by atoms with E-state index >= 15 is 0 Å². The SMILES string of the molecule is Nc1cccc(NCC2CCCC2O)c1. The molecule has 0 bridgehead atoms. The Morgan fingerprint density at radius 1 is 1.40 bits per heavy atom. The van der Waals surface area contributed by atoms with E-state index in [0.717, 1.165) is 37.2 Å². The topological polar surface area (TPSA) is 58.3 Å². The van der Waals surface area contributed by atoms with E-state index in [4.69, 9.17) is 5.73 Å². The second-order valence-electron chi connectivity index (χ2n) is 4.26. The Hall–Kier alpha value is -1.22. The maximum atomic E-state index is 9.66. The van der Waals surface area contributed by atoms with Crippen molar-refractivity contribution in [1.29, 1.82) is 0 Å². The van der Waals surface area contributed by atoms with E-state index in [1.54, 1.807) is 0 Å². The lowest BCUT2D eigenvalue weighted by molar-refractivity contribution is 0.138. The predicted octanol–water partition coefficient (Wildman–Crippen LogP) is 1.84. The highest BCUT2D eigenvalue weighted by molar-refractivity contribution is 5.54. The lowest BCUT2D eigenvalue weighted by Crippen LogP contribution is -2.21. The van der Waals surface area contributed by atoms with E-state index in [0.29, 0.717) is 5.92 Å². The number of nitrogen functional groups attached to an aromatic ring is 1. The zero-order valence-corrected chi connectivity index (χ0v) is 8.82. The van der Waals surface area contributed by atoms with Crippen molar-refractivity contribution in [3.05, 3.63) is 24.3 Å². The van der Waals surface area contributed by atoms with Gasteiger partial charge in [-0.05, 0) is 31.0 Å². The molecule has 0 spiro atoms. The summed E-state index contributed by atoms with van der Waals surface area (Å²) in [4.78, 5) is 0. The molecular weight excluding hydrogens is 188 g/mol. The Bertz CT molecular complexity index is 327. The minimum absolute atomic E-state index is 0.126. The molecule has 1 aliphatic carbocycles. The Kier molecular flexibility index (Phi) is 3.11. The van der Waals surface area contributed by atoms with Gasteiger partial charge in [0.1, 0.15) is 0 Å². The van der Waals surface area contributed by atoms with Gasteiger partial charge in [0.25, 0.3) is 0 Å². The van der Waals surface area contributed by atoms with Crippen molar-refractivity contribution in [1.82, 2.24) is 0 Å². The van der Waals surface area contributed by atoms with Gasteiger partial charge < -0.3 is 16.2 Å². The van der Waals surface area contributed by atoms with Gasteiger partial charge in [0.2, 0.25) is 0 Å². The fourth-order valence-corrected chi connectivity index (χ4v) is 2.15. The molecule has 3 heteroatoms. The van der Waals surface area contributed by atoms with Crippen LogP contribution in [0, 0.1) is 5.92 Å². The van der Waals surface area contributed by atoms with Gasteiger partial charge in [0, 0.05) is 23.8 Å². The van der Waals surface area contributed by atoms with Gasteiger partial charge >= 0.3 is 0 Å². The lowest BCUT2D eigenvalue weighted by Gasteiger charge is -2.16. The molecule has 4 N–H and O–H groups in total. The van der Waals surface area contributed by atoms with Crippen LogP contribution in [0.25, 0.3) is 0 Å². The second kappa shape index (κ2) is 4.53. The van der Waals surface area contributed by atoms with Gasteiger partial charge in [-0.15, -0.1) is 0 Å². The molecule has 0 heterocycles. The number of hydrogen-bond donors (Lipinski definition) is 3. The molecule has 2 unspecified atom stereocenters. The first-order valence-electron chi connectivity index (χ1n) is 5.53. The van der Waals surface area contributed by atoms with Crippen LogP contribution in [0.2, 0.25) is 0 Å². The number of aliphatic hydroxyl groups is 1. The third-order valence-corrected chi connectivity index (χ3v) is 3.07. The Balaban J connectivity index is 1.87. The minimum atomic E-state index is -0.126. The number of aliphatic hydroxyl groups excluding tert-OH is 1. The standard InChI is InChI=1S/C12H18N2O/c13-10-4-2-5-11(7-10)14-8-9-3-1-6-12(9)15/h2,4-5,7,9,12,14-15H,1,3,6,8,13H2. The van der Waals surface area contributed by atoms with Crippen molar-refractivity contribution in [3.63, 3.8) is 0 Å². The molecule has 1 saturated carbocycles. The molecule has 1 fully saturated rings. The van der Waals surface area contributed by atoms with Crippen molar-refractivity contribution >= 4 is 11.4 Å². The second-order valence-corrected chi connectivity index (χ2v) is 4.26. The number of nitrogens with one attached hydrogen (secondary N) is 1. The molecule has 0 aliphatic heterocycles. The van der Waals surface area contributed by atoms with Crippen LogP contribution in [-0.4, -0.2) is 17.8 Å². The molecule has 0 aromatic heterocycles. The Morgan fingerprint density at radius 3 is 2.93 bits per heavy atom. The summed E-state index contributed by atoms with van der Waals surface area (Å²) < 4.78 is 0. The molecule has 1 aromatic carbocycles.